The minimum atomic E-state index is 0.151. The van der Waals surface area contributed by atoms with Gasteiger partial charge in [0.2, 0.25) is 0 Å². The molecule has 0 spiro atoms. The zero-order chi connectivity index (χ0) is 12.6. The smallest absolute Gasteiger partial charge is 0.148 e. The molecule has 2 heteroatoms. The number of Topliss-reactive ketones (excluding diaryl/α,β-unsaturated/α-hetero) is 1. The van der Waals surface area contributed by atoms with Crippen molar-refractivity contribution in [3.8, 4) is 0 Å². The van der Waals surface area contributed by atoms with Crippen molar-refractivity contribution in [1.82, 2.24) is 0 Å². The first-order valence-corrected chi connectivity index (χ1v) is 5.93. The van der Waals surface area contributed by atoms with Crippen molar-refractivity contribution in [1.29, 1.82) is 0 Å². The molecule has 0 aliphatic rings. The molecule has 0 atom stereocenters. The molecule has 0 saturated carbocycles. The van der Waals surface area contributed by atoms with E-state index in [4.69, 9.17) is 0 Å². The molecule has 0 aromatic heterocycles. The summed E-state index contributed by atoms with van der Waals surface area (Å²) in [6.07, 6.45) is 0. The van der Waals surface area contributed by atoms with Gasteiger partial charge in [-0.2, -0.15) is 0 Å². The molecule has 2 nitrogen and oxygen atoms in total. The van der Waals surface area contributed by atoms with E-state index in [9.17, 15) is 4.79 Å². The standard InChI is InChI=1S/C12H17NO.C2H6/c1-9(2)11-4-6-12(7-5-11)13-8-10(3)14;1-2/h4-7,9,13H,8H2,1-3H3;1-2H3. The van der Waals surface area contributed by atoms with E-state index in [-0.39, 0.29) is 5.78 Å². The van der Waals surface area contributed by atoms with Crippen LogP contribution in [-0.4, -0.2) is 12.3 Å². The first kappa shape index (κ1) is 14.7. The Labute approximate surface area is 99.1 Å². The van der Waals surface area contributed by atoms with Crippen LogP contribution in [0.3, 0.4) is 0 Å². The lowest BCUT2D eigenvalue weighted by molar-refractivity contribution is -0.115. The van der Waals surface area contributed by atoms with Gasteiger partial charge in [-0.3, -0.25) is 4.79 Å². The van der Waals surface area contributed by atoms with Crippen molar-refractivity contribution in [3.63, 3.8) is 0 Å². The maximum atomic E-state index is 10.7. The van der Waals surface area contributed by atoms with E-state index >= 15 is 0 Å². The maximum absolute atomic E-state index is 10.7. The second kappa shape index (κ2) is 7.91. The molecule has 0 amide bonds. The minimum absolute atomic E-state index is 0.151. The van der Waals surface area contributed by atoms with Crippen LogP contribution in [0, 0.1) is 0 Å². The van der Waals surface area contributed by atoms with Gasteiger partial charge in [0, 0.05) is 5.69 Å². The van der Waals surface area contributed by atoms with E-state index in [0.717, 1.165) is 5.69 Å². The van der Waals surface area contributed by atoms with Crippen molar-refractivity contribution in [2.24, 2.45) is 0 Å². The fourth-order valence-corrected chi connectivity index (χ4v) is 1.21. The topological polar surface area (TPSA) is 29.1 Å². The second-order valence-corrected chi connectivity index (χ2v) is 3.83. The summed E-state index contributed by atoms with van der Waals surface area (Å²) in [4.78, 5) is 10.7. The molecule has 1 rings (SSSR count). The van der Waals surface area contributed by atoms with Crippen LogP contribution >= 0.6 is 0 Å². The molecule has 1 aromatic carbocycles. The summed E-state index contributed by atoms with van der Waals surface area (Å²) in [5.41, 5.74) is 2.32. The average molecular weight is 221 g/mol. The van der Waals surface area contributed by atoms with Crippen molar-refractivity contribution < 1.29 is 4.79 Å². The fourth-order valence-electron chi connectivity index (χ4n) is 1.21. The minimum Gasteiger partial charge on any atom is -0.378 e. The lowest BCUT2D eigenvalue weighted by atomic mass is 10.0. The van der Waals surface area contributed by atoms with Crippen LogP contribution in [0.4, 0.5) is 5.69 Å². The first-order chi connectivity index (χ1) is 7.59. The number of hydrogen-bond donors (Lipinski definition) is 1. The van der Waals surface area contributed by atoms with Crippen LogP contribution in [0.1, 0.15) is 46.1 Å². The first-order valence-electron chi connectivity index (χ1n) is 5.93. The number of benzene rings is 1. The number of hydrogen-bond acceptors (Lipinski definition) is 2. The van der Waals surface area contributed by atoms with Crippen LogP contribution < -0.4 is 5.32 Å². The molecule has 0 aliphatic carbocycles. The largest absolute Gasteiger partial charge is 0.378 e. The van der Waals surface area contributed by atoms with E-state index in [2.05, 4.69) is 31.3 Å². The van der Waals surface area contributed by atoms with Crippen molar-refractivity contribution in [3.05, 3.63) is 29.8 Å². The van der Waals surface area contributed by atoms with Crippen molar-refractivity contribution in [2.75, 3.05) is 11.9 Å². The van der Waals surface area contributed by atoms with Crippen LogP contribution in [0.25, 0.3) is 0 Å². The highest BCUT2D eigenvalue weighted by Gasteiger charge is 1.98. The van der Waals surface area contributed by atoms with E-state index < -0.39 is 0 Å². The van der Waals surface area contributed by atoms with Gasteiger partial charge in [-0.25, -0.2) is 0 Å². The number of carbonyl (C=O) groups is 1. The highest BCUT2D eigenvalue weighted by molar-refractivity contribution is 5.80. The molecule has 0 saturated heterocycles. The number of carbonyl (C=O) groups excluding carboxylic acids is 1. The number of anilines is 1. The summed E-state index contributed by atoms with van der Waals surface area (Å²) in [5, 5.41) is 3.06. The normalized spacial score (nSPS) is 9.38. The van der Waals surface area contributed by atoms with Crippen molar-refractivity contribution in [2.45, 2.75) is 40.5 Å². The molecule has 16 heavy (non-hydrogen) atoms. The van der Waals surface area contributed by atoms with Crippen LogP contribution in [-0.2, 0) is 4.79 Å². The van der Waals surface area contributed by atoms with E-state index in [0.29, 0.717) is 12.5 Å². The maximum Gasteiger partial charge on any atom is 0.148 e. The lowest BCUT2D eigenvalue weighted by Crippen LogP contribution is -2.09. The summed E-state index contributed by atoms with van der Waals surface area (Å²) >= 11 is 0. The molecule has 0 radical (unpaired) electrons. The summed E-state index contributed by atoms with van der Waals surface area (Å²) < 4.78 is 0. The van der Waals surface area contributed by atoms with Gasteiger partial charge in [0.1, 0.15) is 5.78 Å². The zero-order valence-electron chi connectivity index (χ0n) is 11.0. The Balaban J connectivity index is 0.00000106. The Kier molecular flexibility index (Phi) is 7.27. The Bertz CT molecular complexity index is 301. The molecule has 90 valence electrons. The molecule has 1 aromatic rings. The van der Waals surface area contributed by atoms with Crippen LogP contribution in [0.2, 0.25) is 0 Å². The number of rotatable bonds is 4. The Hall–Kier alpha value is -1.31. The second-order valence-electron chi connectivity index (χ2n) is 3.83. The number of ketones is 1. The molecule has 0 bridgehead atoms. The van der Waals surface area contributed by atoms with Gasteiger partial charge in [-0.1, -0.05) is 39.8 Å². The Morgan fingerprint density at radius 3 is 2.06 bits per heavy atom. The molecule has 0 unspecified atom stereocenters. The molecular formula is C14H23NO. The third-order valence-corrected chi connectivity index (χ3v) is 2.12. The van der Waals surface area contributed by atoms with Gasteiger partial charge in [0.25, 0.3) is 0 Å². The van der Waals surface area contributed by atoms with E-state index in [1.54, 1.807) is 6.92 Å². The van der Waals surface area contributed by atoms with Crippen LogP contribution in [0.15, 0.2) is 24.3 Å². The fraction of sp³-hybridized carbons (Fsp3) is 0.500. The SMILES string of the molecule is CC.CC(=O)CNc1ccc(C(C)C)cc1. The van der Waals surface area contributed by atoms with Gasteiger partial charge >= 0.3 is 0 Å². The summed E-state index contributed by atoms with van der Waals surface area (Å²) in [6, 6.07) is 8.21. The highest BCUT2D eigenvalue weighted by Crippen LogP contribution is 2.16. The lowest BCUT2D eigenvalue weighted by Gasteiger charge is -2.07. The predicted molar refractivity (Wildman–Crippen MR) is 71.0 cm³/mol. The zero-order valence-corrected chi connectivity index (χ0v) is 11.0. The summed E-state index contributed by atoms with van der Waals surface area (Å²) in [7, 11) is 0. The highest BCUT2D eigenvalue weighted by atomic mass is 16.1. The van der Waals surface area contributed by atoms with Gasteiger partial charge in [0.15, 0.2) is 0 Å². The monoisotopic (exact) mass is 221 g/mol. The van der Waals surface area contributed by atoms with Gasteiger partial charge in [-0.05, 0) is 30.5 Å². The predicted octanol–water partition coefficient (Wildman–Crippen LogP) is 3.84. The van der Waals surface area contributed by atoms with Gasteiger partial charge in [-0.15, -0.1) is 0 Å². The molecule has 0 fully saturated rings. The summed E-state index contributed by atoms with van der Waals surface area (Å²) in [5.74, 6) is 0.704. The molecule has 0 heterocycles. The Morgan fingerprint density at radius 2 is 1.69 bits per heavy atom. The Morgan fingerprint density at radius 1 is 1.19 bits per heavy atom. The quantitative estimate of drug-likeness (QED) is 0.837. The van der Waals surface area contributed by atoms with Crippen LogP contribution in [0.5, 0.6) is 0 Å². The van der Waals surface area contributed by atoms with Gasteiger partial charge < -0.3 is 5.32 Å². The third-order valence-electron chi connectivity index (χ3n) is 2.12. The third kappa shape index (κ3) is 5.54. The van der Waals surface area contributed by atoms with E-state index in [1.807, 2.05) is 26.0 Å². The molecule has 1 N–H and O–H groups in total. The molecule has 0 aliphatic heterocycles. The van der Waals surface area contributed by atoms with E-state index in [1.165, 1.54) is 5.56 Å². The number of nitrogens with one attached hydrogen (secondary N) is 1. The summed E-state index contributed by atoms with van der Waals surface area (Å²) in [6.45, 7) is 10.3. The molecular weight excluding hydrogens is 198 g/mol. The van der Waals surface area contributed by atoms with Crippen molar-refractivity contribution >= 4 is 11.5 Å². The average Bonchev–Trinajstić information content (AvgIpc) is 2.29. The van der Waals surface area contributed by atoms with Gasteiger partial charge in [0.05, 0.1) is 6.54 Å².